The monoisotopic (exact) mass is 255 g/mol. The highest BCUT2D eigenvalue weighted by Crippen LogP contribution is 2.21. The Balaban J connectivity index is 2.01. The Hall–Kier alpha value is -0.810. The van der Waals surface area contributed by atoms with E-state index in [1.807, 2.05) is 29.2 Å². The number of nitrogens with two attached hydrogens (primary N) is 1. The Morgan fingerprint density at radius 2 is 2.24 bits per heavy atom. The van der Waals surface area contributed by atoms with Gasteiger partial charge in [-0.2, -0.15) is 0 Å². The SMILES string of the molecule is NCCN1CCN(c2cccc(Cl)c2)CC1O. The van der Waals surface area contributed by atoms with Crippen molar-refractivity contribution >= 4 is 17.3 Å². The second-order valence-electron chi connectivity index (χ2n) is 4.23. The summed E-state index contributed by atoms with van der Waals surface area (Å²) in [4.78, 5) is 4.14. The Morgan fingerprint density at radius 1 is 1.41 bits per heavy atom. The van der Waals surface area contributed by atoms with Gasteiger partial charge in [-0.3, -0.25) is 4.90 Å². The van der Waals surface area contributed by atoms with Gasteiger partial charge in [-0.05, 0) is 18.2 Å². The Bertz CT molecular complexity index is 375. The van der Waals surface area contributed by atoms with Gasteiger partial charge in [0.2, 0.25) is 0 Å². The fraction of sp³-hybridized carbons (Fsp3) is 0.500. The van der Waals surface area contributed by atoms with Gasteiger partial charge in [0.1, 0.15) is 6.23 Å². The van der Waals surface area contributed by atoms with Crippen LogP contribution in [0.2, 0.25) is 5.02 Å². The number of nitrogens with zero attached hydrogens (tertiary/aromatic N) is 2. The van der Waals surface area contributed by atoms with E-state index in [1.54, 1.807) is 0 Å². The quantitative estimate of drug-likeness (QED) is 0.837. The summed E-state index contributed by atoms with van der Waals surface area (Å²) >= 11 is 5.96. The normalized spacial score (nSPS) is 21.8. The lowest BCUT2D eigenvalue weighted by Gasteiger charge is -2.39. The first-order valence-electron chi connectivity index (χ1n) is 5.83. The molecule has 94 valence electrons. The van der Waals surface area contributed by atoms with Crippen molar-refractivity contribution < 1.29 is 5.11 Å². The molecule has 1 aliphatic heterocycles. The van der Waals surface area contributed by atoms with Crippen LogP contribution in [0.5, 0.6) is 0 Å². The van der Waals surface area contributed by atoms with E-state index in [1.165, 1.54) is 0 Å². The molecule has 0 saturated carbocycles. The van der Waals surface area contributed by atoms with Crippen molar-refractivity contribution in [1.29, 1.82) is 0 Å². The number of halogens is 1. The van der Waals surface area contributed by atoms with Crippen LogP contribution in [-0.2, 0) is 0 Å². The van der Waals surface area contributed by atoms with Crippen LogP contribution in [0.3, 0.4) is 0 Å². The van der Waals surface area contributed by atoms with E-state index >= 15 is 0 Å². The van der Waals surface area contributed by atoms with Gasteiger partial charge in [0, 0.05) is 36.9 Å². The molecule has 1 atom stereocenters. The smallest absolute Gasteiger partial charge is 0.125 e. The van der Waals surface area contributed by atoms with Crippen molar-refractivity contribution in [3.8, 4) is 0 Å². The zero-order valence-electron chi connectivity index (χ0n) is 9.72. The molecule has 0 amide bonds. The number of piperazine rings is 1. The van der Waals surface area contributed by atoms with Gasteiger partial charge in [-0.1, -0.05) is 17.7 Å². The lowest BCUT2D eigenvalue weighted by atomic mass is 10.2. The van der Waals surface area contributed by atoms with Gasteiger partial charge < -0.3 is 15.7 Å². The lowest BCUT2D eigenvalue weighted by molar-refractivity contribution is -0.00121. The van der Waals surface area contributed by atoms with Crippen molar-refractivity contribution in [2.75, 3.05) is 37.6 Å². The van der Waals surface area contributed by atoms with Crippen molar-refractivity contribution in [3.05, 3.63) is 29.3 Å². The summed E-state index contributed by atoms with van der Waals surface area (Å²) in [6.45, 7) is 3.63. The summed E-state index contributed by atoms with van der Waals surface area (Å²) in [5, 5.41) is 10.7. The molecule has 1 unspecified atom stereocenters. The second-order valence-corrected chi connectivity index (χ2v) is 4.67. The molecular weight excluding hydrogens is 238 g/mol. The summed E-state index contributed by atoms with van der Waals surface area (Å²) in [6.07, 6.45) is -0.453. The van der Waals surface area contributed by atoms with Crippen LogP contribution >= 0.6 is 11.6 Å². The molecule has 0 radical (unpaired) electrons. The fourth-order valence-corrected chi connectivity index (χ4v) is 2.32. The summed E-state index contributed by atoms with van der Waals surface area (Å²) in [5.41, 5.74) is 6.56. The van der Waals surface area contributed by atoms with E-state index < -0.39 is 6.23 Å². The van der Waals surface area contributed by atoms with Gasteiger partial charge in [0.15, 0.2) is 0 Å². The van der Waals surface area contributed by atoms with Crippen molar-refractivity contribution in [3.63, 3.8) is 0 Å². The molecule has 2 rings (SSSR count). The first kappa shape index (κ1) is 12.6. The number of aliphatic hydroxyl groups excluding tert-OH is 1. The van der Waals surface area contributed by atoms with Crippen LogP contribution < -0.4 is 10.6 Å². The molecule has 1 fully saturated rings. The van der Waals surface area contributed by atoms with Crippen LogP contribution in [0.25, 0.3) is 0 Å². The van der Waals surface area contributed by atoms with Crippen LogP contribution in [-0.4, -0.2) is 49.0 Å². The molecule has 1 aromatic rings. The zero-order valence-corrected chi connectivity index (χ0v) is 10.5. The molecule has 3 N–H and O–H groups in total. The Morgan fingerprint density at radius 3 is 2.88 bits per heavy atom. The fourth-order valence-electron chi connectivity index (χ4n) is 2.14. The van der Waals surface area contributed by atoms with E-state index in [4.69, 9.17) is 17.3 Å². The highest BCUT2D eigenvalue weighted by atomic mass is 35.5. The molecule has 5 heteroatoms. The van der Waals surface area contributed by atoms with Crippen LogP contribution in [0.1, 0.15) is 0 Å². The Labute approximate surface area is 107 Å². The zero-order chi connectivity index (χ0) is 12.3. The molecule has 0 bridgehead atoms. The minimum absolute atomic E-state index is 0.453. The molecule has 0 aromatic heterocycles. The molecule has 0 spiro atoms. The maximum absolute atomic E-state index is 10.00. The van der Waals surface area contributed by atoms with Gasteiger partial charge in [0.25, 0.3) is 0 Å². The van der Waals surface area contributed by atoms with Crippen molar-refractivity contribution in [2.45, 2.75) is 6.23 Å². The summed E-state index contributed by atoms with van der Waals surface area (Å²) in [5.74, 6) is 0. The van der Waals surface area contributed by atoms with Gasteiger partial charge in [-0.25, -0.2) is 0 Å². The highest BCUT2D eigenvalue weighted by molar-refractivity contribution is 6.30. The predicted molar refractivity (Wildman–Crippen MR) is 70.3 cm³/mol. The van der Waals surface area contributed by atoms with Gasteiger partial charge in [-0.15, -0.1) is 0 Å². The minimum Gasteiger partial charge on any atom is -0.376 e. The lowest BCUT2D eigenvalue weighted by Crippen LogP contribution is -2.54. The van der Waals surface area contributed by atoms with Crippen molar-refractivity contribution in [1.82, 2.24) is 4.90 Å². The Kier molecular flexibility index (Phi) is 4.23. The van der Waals surface area contributed by atoms with E-state index in [-0.39, 0.29) is 0 Å². The molecule has 1 saturated heterocycles. The molecule has 1 aromatic carbocycles. The van der Waals surface area contributed by atoms with E-state index in [2.05, 4.69) is 4.90 Å². The third kappa shape index (κ3) is 3.10. The molecule has 0 aliphatic carbocycles. The molecule has 1 heterocycles. The number of β-amino-alcohol motifs (C(OH)–C–C–N with tert-alkyl or cyclic N) is 1. The minimum atomic E-state index is -0.453. The van der Waals surface area contributed by atoms with Gasteiger partial charge in [0.05, 0.1) is 6.54 Å². The topological polar surface area (TPSA) is 52.7 Å². The first-order valence-corrected chi connectivity index (χ1v) is 6.21. The second kappa shape index (κ2) is 5.69. The van der Waals surface area contributed by atoms with E-state index in [9.17, 15) is 5.11 Å². The number of rotatable bonds is 3. The summed E-state index contributed by atoms with van der Waals surface area (Å²) < 4.78 is 0. The maximum Gasteiger partial charge on any atom is 0.125 e. The third-order valence-corrected chi connectivity index (χ3v) is 3.29. The first-order chi connectivity index (χ1) is 8.20. The molecule has 17 heavy (non-hydrogen) atoms. The van der Waals surface area contributed by atoms with Crippen LogP contribution in [0.4, 0.5) is 5.69 Å². The average Bonchev–Trinajstić information content (AvgIpc) is 2.32. The maximum atomic E-state index is 10.00. The highest BCUT2D eigenvalue weighted by Gasteiger charge is 2.24. The van der Waals surface area contributed by atoms with Crippen molar-refractivity contribution in [2.24, 2.45) is 5.73 Å². The molecule has 4 nitrogen and oxygen atoms in total. The number of hydrogen-bond donors (Lipinski definition) is 2. The summed E-state index contributed by atoms with van der Waals surface area (Å²) in [6, 6.07) is 7.71. The van der Waals surface area contributed by atoms with E-state index in [0.29, 0.717) is 13.1 Å². The largest absolute Gasteiger partial charge is 0.376 e. The number of aliphatic hydroxyl groups is 1. The number of hydrogen-bond acceptors (Lipinski definition) is 4. The molecule has 1 aliphatic rings. The van der Waals surface area contributed by atoms with Crippen LogP contribution in [0, 0.1) is 0 Å². The third-order valence-electron chi connectivity index (χ3n) is 3.05. The van der Waals surface area contributed by atoms with Crippen LogP contribution in [0.15, 0.2) is 24.3 Å². The van der Waals surface area contributed by atoms with E-state index in [0.717, 1.165) is 30.3 Å². The summed E-state index contributed by atoms with van der Waals surface area (Å²) in [7, 11) is 0. The molecular formula is C12H18ClN3O. The van der Waals surface area contributed by atoms with Gasteiger partial charge >= 0.3 is 0 Å². The average molecular weight is 256 g/mol. The number of anilines is 1. The number of benzene rings is 1. The predicted octanol–water partition coefficient (Wildman–Crippen LogP) is 0.739. The standard InChI is InChI=1S/C12H18ClN3O/c13-10-2-1-3-11(8-10)16-7-6-15(5-4-14)12(17)9-16/h1-3,8,12,17H,4-7,9,14H2.